The third-order valence-electron chi connectivity index (χ3n) is 0. The van der Waals surface area contributed by atoms with Crippen molar-refractivity contribution in [3.63, 3.8) is 0 Å². The molecular formula is H3CuKO3. The molecule has 33 valence electrons. The molecule has 0 aromatic carbocycles. The van der Waals surface area contributed by atoms with Gasteiger partial charge < -0.3 is 16.4 Å². The molecule has 0 amide bonds. The van der Waals surface area contributed by atoms with Crippen molar-refractivity contribution in [2.24, 2.45) is 0 Å². The van der Waals surface area contributed by atoms with Crippen LogP contribution in [0.15, 0.2) is 0 Å². The molecule has 0 aromatic heterocycles. The van der Waals surface area contributed by atoms with Gasteiger partial charge in [-0.1, -0.05) is 0 Å². The molecule has 0 aliphatic heterocycles. The maximum Gasteiger partial charge on any atom is 2.00 e. The predicted molar refractivity (Wildman–Crippen MR) is 5.81 cm³/mol. The Labute approximate surface area is 83.3 Å². The summed E-state index contributed by atoms with van der Waals surface area (Å²) in [4.78, 5) is 0. The van der Waals surface area contributed by atoms with Gasteiger partial charge in [-0.05, 0) is 0 Å². The standard InChI is InChI=1S/Cu.K.3H2O/h;;3*1H2/q+2;+1;;;/p-3. The second-order valence-electron chi connectivity index (χ2n) is 0. The molecule has 0 atom stereocenters. The first kappa shape index (κ1) is 61.8. The van der Waals surface area contributed by atoms with E-state index in [4.69, 9.17) is 0 Å². The molecule has 3 nitrogen and oxygen atoms in total. The maximum absolute atomic E-state index is 0. The smallest absolute Gasteiger partial charge is 0.870 e. The first-order valence-corrected chi connectivity index (χ1v) is 0. The summed E-state index contributed by atoms with van der Waals surface area (Å²) in [6.45, 7) is 0. The third kappa shape index (κ3) is 23.7. The molecule has 5 heavy (non-hydrogen) atoms. The molecular weight excluding hydrogens is 151 g/mol. The normalized spacial score (nSPS) is 0. The van der Waals surface area contributed by atoms with Crippen molar-refractivity contribution in [1.82, 2.24) is 0 Å². The molecule has 0 rings (SSSR count). The van der Waals surface area contributed by atoms with Gasteiger partial charge in [-0.25, -0.2) is 0 Å². The fourth-order valence-corrected chi connectivity index (χ4v) is 0. The van der Waals surface area contributed by atoms with Gasteiger partial charge in [0.25, 0.3) is 0 Å². The zero-order valence-electron chi connectivity index (χ0n) is 2.64. The van der Waals surface area contributed by atoms with Crippen LogP contribution in [0.1, 0.15) is 0 Å². The van der Waals surface area contributed by atoms with Crippen LogP contribution >= 0.6 is 0 Å². The Bertz CT molecular complexity index is 6.85. The SMILES string of the molecule is [Cu+2].[K+].[OH-].[OH-].[OH-]. The molecule has 5 heteroatoms. The minimum Gasteiger partial charge on any atom is -0.870 e. The summed E-state index contributed by atoms with van der Waals surface area (Å²) < 4.78 is 0. The zero-order valence-corrected chi connectivity index (χ0v) is 6.71. The van der Waals surface area contributed by atoms with Gasteiger partial charge in [-0.2, -0.15) is 0 Å². The Hall–Kier alpha value is 2.04. The molecule has 0 bridgehead atoms. The minimum atomic E-state index is 0. The fourth-order valence-electron chi connectivity index (χ4n) is 0. The number of hydrogen-bond donors (Lipinski definition) is 0. The Balaban J connectivity index is 0. The molecule has 3 N–H and O–H groups in total. The van der Waals surface area contributed by atoms with E-state index in [1.165, 1.54) is 0 Å². The molecule has 1 radical (unpaired) electrons. The van der Waals surface area contributed by atoms with Crippen LogP contribution < -0.4 is 51.4 Å². The predicted octanol–water partition coefficient (Wildman–Crippen LogP) is -3.53. The van der Waals surface area contributed by atoms with E-state index in [2.05, 4.69) is 0 Å². The molecule has 0 saturated heterocycles. The average Bonchev–Trinajstić information content (AvgIpc) is 0. The largest absolute Gasteiger partial charge is 2.00 e. The van der Waals surface area contributed by atoms with Crippen molar-refractivity contribution < 1.29 is 84.9 Å². The minimum absolute atomic E-state index is 0. The van der Waals surface area contributed by atoms with E-state index in [1.807, 2.05) is 0 Å². The van der Waals surface area contributed by atoms with Gasteiger partial charge in [-0.15, -0.1) is 0 Å². The van der Waals surface area contributed by atoms with Gasteiger partial charge in [0.05, 0.1) is 0 Å². The van der Waals surface area contributed by atoms with E-state index in [-0.39, 0.29) is 84.9 Å². The van der Waals surface area contributed by atoms with Gasteiger partial charge in [0.2, 0.25) is 0 Å². The Morgan fingerprint density at radius 2 is 0.600 bits per heavy atom. The van der Waals surface area contributed by atoms with E-state index < -0.39 is 0 Å². The molecule has 0 aromatic rings. The van der Waals surface area contributed by atoms with Gasteiger partial charge in [0.15, 0.2) is 0 Å². The van der Waals surface area contributed by atoms with Gasteiger partial charge in [-0.3, -0.25) is 0 Å². The number of rotatable bonds is 0. The monoisotopic (exact) mass is 153 g/mol. The third-order valence-corrected chi connectivity index (χ3v) is 0. The molecule has 0 spiro atoms. The number of hydrogen-bond acceptors (Lipinski definition) is 3. The van der Waals surface area contributed by atoms with Crippen LogP contribution in [0.3, 0.4) is 0 Å². The van der Waals surface area contributed by atoms with Crippen LogP contribution in [0.25, 0.3) is 0 Å². The fraction of sp³-hybridized carbons (Fsp3) is 0. The van der Waals surface area contributed by atoms with Crippen LogP contribution in [0, 0.1) is 0 Å². The molecule has 0 unspecified atom stereocenters. The van der Waals surface area contributed by atoms with E-state index in [1.54, 1.807) is 0 Å². The van der Waals surface area contributed by atoms with Crippen LogP contribution in [0.5, 0.6) is 0 Å². The van der Waals surface area contributed by atoms with Crippen molar-refractivity contribution >= 4 is 0 Å². The maximum atomic E-state index is 0. The summed E-state index contributed by atoms with van der Waals surface area (Å²) in [5, 5.41) is 0. The average molecular weight is 154 g/mol. The zero-order chi connectivity index (χ0) is 0. The van der Waals surface area contributed by atoms with Crippen LogP contribution in [-0.2, 0) is 17.1 Å². The van der Waals surface area contributed by atoms with Crippen molar-refractivity contribution in [3.8, 4) is 0 Å². The van der Waals surface area contributed by atoms with E-state index >= 15 is 0 Å². The summed E-state index contributed by atoms with van der Waals surface area (Å²) in [5.74, 6) is 0. The summed E-state index contributed by atoms with van der Waals surface area (Å²) in [6.07, 6.45) is 0. The summed E-state index contributed by atoms with van der Waals surface area (Å²) in [7, 11) is 0. The summed E-state index contributed by atoms with van der Waals surface area (Å²) >= 11 is 0. The second kappa shape index (κ2) is 36.9. The molecule has 0 aliphatic carbocycles. The second-order valence-corrected chi connectivity index (χ2v) is 0. The summed E-state index contributed by atoms with van der Waals surface area (Å²) in [5.41, 5.74) is 0. The topological polar surface area (TPSA) is 90.0 Å². The van der Waals surface area contributed by atoms with Crippen LogP contribution in [-0.4, -0.2) is 16.4 Å². The Kier molecular flexibility index (Phi) is 457. The van der Waals surface area contributed by atoms with E-state index in [0.717, 1.165) is 0 Å². The van der Waals surface area contributed by atoms with Crippen LogP contribution in [0.4, 0.5) is 0 Å². The quantitative estimate of drug-likeness (QED) is 0.338. The summed E-state index contributed by atoms with van der Waals surface area (Å²) in [6, 6.07) is 0. The molecule has 0 aliphatic rings. The van der Waals surface area contributed by atoms with Crippen molar-refractivity contribution in [3.05, 3.63) is 0 Å². The molecule has 0 heterocycles. The molecule has 0 saturated carbocycles. The van der Waals surface area contributed by atoms with Crippen LogP contribution in [0.2, 0.25) is 0 Å². The van der Waals surface area contributed by atoms with Gasteiger partial charge in [0.1, 0.15) is 0 Å². The first-order chi connectivity index (χ1) is 0. The van der Waals surface area contributed by atoms with Gasteiger partial charge >= 0.3 is 68.5 Å². The van der Waals surface area contributed by atoms with Gasteiger partial charge in [0, 0.05) is 0 Å². The Morgan fingerprint density at radius 3 is 0.600 bits per heavy atom. The first-order valence-electron chi connectivity index (χ1n) is 0. The van der Waals surface area contributed by atoms with E-state index in [0.29, 0.717) is 0 Å². The van der Waals surface area contributed by atoms with Crippen molar-refractivity contribution in [1.29, 1.82) is 0 Å². The van der Waals surface area contributed by atoms with Crippen molar-refractivity contribution in [2.45, 2.75) is 0 Å². The molecule has 0 fully saturated rings. The Morgan fingerprint density at radius 1 is 0.600 bits per heavy atom. The van der Waals surface area contributed by atoms with Crippen molar-refractivity contribution in [2.75, 3.05) is 0 Å². The van der Waals surface area contributed by atoms with E-state index in [9.17, 15) is 0 Å².